The molecule has 21 heavy (non-hydrogen) atoms. The van der Waals surface area contributed by atoms with Crippen LogP contribution < -0.4 is 5.32 Å². The lowest BCUT2D eigenvalue weighted by Crippen LogP contribution is -2.52. The Morgan fingerprint density at radius 2 is 2.48 bits per heavy atom. The number of hydrogen-bond acceptors (Lipinski definition) is 6. The molecule has 0 bridgehead atoms. The Balaban J connectivity index is 1.99. The molecule has 0 spiro atoms. The zero-order chi connectivity index (χ0) is 15.5. The number of carbonyl (C=O) groups excluding carboxylic acids is 1. The molecule has 118 valence electrons. The van der Waals surface area contributed by atoms with Crippen molar-refractivity contribution in [2.45, 2.75) is 25.4 Å². The second-order valence-corrected chi connectivity index (χ2v) is 6.39. The monoisotopic (exact) mass is 313 g/mol. The van der Waals surface area contributed by atoms with Crippen LogP contribution in [0.5, 0.6) is 0 Å². The number of carbonyl (C=O) groups is 1. The first-order valence-electron chi connectivity index (χ1n) is 7.14. The number of hydrogen-bond donors (Lipinski definition) is 2. The van der Waals surface area contributed by atoms with Crippen molar-refractivity contribution in [2.24, 2.45) is 5.92 Å². The summed E-state index contributed by atoms with van der Waals surface area (Å²) in [5.74, 6) is -0.0406. The van der Waals surface area contributed by atoms with Crippen molar-refractivity contribution < 1.29 is 14.6 Å². The first-order valence-corrected chi connectivity index (χ1v) is 8.02. The molecule has 1 aromatic rings. The van der Waals surface area contributed by atoms with E-state index in [1.165, 1.54) is 11.3 Å². The van der Waals surface area contributed by atoms with Crippen LogP contribution in [-0.2, 0) is 4.74 Å². The van der Waals surface area contributed by atoms with Gasteiger partial charge in [0.25, 0.3) is 5.91 Å². The number of anilines is 1. The van der Waals surface area contributed by atoms with E-state index in [-0.39, 0.29) is 11.8 Å². The summed E-state index contributed by atoms with van der Waals surface area (Å²) in [5.41, 5.74) is -0.274. The predicted octanol–water partition coefficient (Wildman–Crippen LogP) is 1.43. The molecule has 0 aromatic carbocycles. The maximum absolute atomic E-state index is 12.4. The molecule has 0 unspecified atom stereocenters. The summed E-state index contributed by atoms with van der Waals surface area (Å²) < 4.78 is 5.06. The molecule has 2 rings (SSSR count). The minimum atomic E-state index is -0.745. The second kappa shape index (κ2) is 6.72. The van der Waals surface area contributed by atoms with Gasteiger partial charge < -0.3 is 20.1 Å². The molecular weight excluding hydrogens is 290 g/mol. The van der Waals surface area contributed by atoms with E-state index >= 15 is 0 Å². The molecule has 1 aliphatic heterocycles. The van der Waals surface area contributed by atoms with Crippen molar-refractivity contribution in [3.63, 3.8) is 0 Å². The third-order valence-corrected chi connectivity index (χ3v) is 5.05. The summed E-state index contributed by atoms with van der Waals surface area (Å²) >= 11 is 1.42. The SMILES string of the molecule is CNc1nc(C(=O)N2CC[C@@](O)(CCOC)[C@H](C)C2)cs1. The zero-order valence-electron chi connectivity index (χ0n) is 12.8. The molecular formula is C14H23N3O3S. The Kier molecular flexibility index (Phi) is 5.18. The Hall–Kier alpha value is -1.18. The average molecular weight is 313 g/mol. The standard InChI is InChI=1S/C14H23N3O3S/c1-10-8-17(6-4-14(10,19)5-7-20-3)12(18)11-9-21-13(15-2)16-11/h9-10,19H,4-8H2,1-3H3,(H,15,16)/t10-,14-/m1/s1. The summed E-state index contributed by atoms with van der Waals surface area (Å²) in [5, 5.41) is 16.1. The van der Waals surface area contributed by atoms with Crippen LogP contribution in [0.4, 0.5) is 5.13 Å². The van der Waals surface area contributed by atoms with Gasteiger partial charge in [-0.05, 0) is 12.8 Å². The van der Waals surface area contributed by atoms with E-state index in [0.29, 0.717) is 38.2 Å². The maximum Gasteiger partial charge on any atom is 0.273 e. The van der Waals surface area contributed by atoms with Crippen molar-refractivity contribution in [1.82, 2.24) is 9.88 Å². The lowest BCUT2D eigenvalue weighted by Gasteiger charge is -2.43. The molecule has 0 radical (unpaired) electrons. The van der Waals surface area contributed by atoms with Crippen LogP contribution in [-0.4, -0.2) is 60.4 Å². The van der Waals surface area contributed by atoms with Gasteiger partial charge in [-0.1, -0.05) is 6.92 Å². The normalized spacial score (nSPS) is 25.9. The number of rotatable bonds is 5. The van der Waals surface area contributed by atoms with Crippen molar-refractivity contribution >= 4 is 22.4 Å². The lowest BCUT2D eigenvalue weighted by atomic mass is 9.80. The van der Waals surface area contributed by atoms with Crippen LogP contribution in [0, 0.1) is 5.92 Å². The van der Waals surface area contributed by atoms with Crippen LogP contribution in [0.1, 0.15) is 30.3 Å². The third-order valence-electron chi connectivity index (χ3n) is 4.19. The maximum atomic E-state index is 12.4. The minimum absolute atomic E-state index is 0.0211. The Morgan fingerprint density at radius 3 is 3.05 bits per heavy atom. The first kappa shape index (κ1) is 16.2. The van der Waals surface area contributed by atoms with Gasteiger partial charge in [0.1, 0.15) is 5.69 Å². The van der Waals surface area contributed by atoms with Crippen LogP contribution in [0.2, 0.25) is 0 Å². The number of nitrogens with one attached hydrogen (secondary N) is 1. The van der Waals surface area contributed by atoms with Crippen LogP contribution >= 0.6 is 11.3 Å². The van der Waals surface area contributed by atoms with E-state index in [1.54, 1.807) is 24.4 Å². The number of ether oxygens (including phenoxy) is 1. The molecule has 2 N–H and O–H groups in total. The molecule has 0 saturated carbocycles. The number of aromatic nitrogens is 1. The average Bonchev–Trinajstić information content (AvgIpc) is 2.96. The molecule has 1 amide bonds. The van der Waals surface area contributed by atoms with Crippen molar-refractivity contribution in [2.75, 3.05) is 39.2 Å². The predicted molar refractivity (Wildman–Crippen MR) is 82.8 cm³/mol. The highest BCUT2D eigenvalue weighted by Crippen LogP contribution is 2.31. The van der Waals surface area contributed by atoms with Gasteiger partial charge in [-0.3, -0.25) is 4.79 Å². The number of likely N-dealkylation sites (tertiary alicyclic amines) is 1. The van der Waals surface area contributed by atoms with Crippen LogP contribution in [0.15, 0.2) is 5.38 Å². The Bertz CT molecular complexity index is 494. The van der Waals surface area contributed by atoms with E-state index in [2.05, 4.69) is 10.3 Å². The number of amides is 1. The summed E-state index contributed by atoms with van der Waals surface area (Å²) in [6.45, 7) is 3.61. The number of thiazole rings is 1. The van der Waals surface area contributed by atoms with Gasteiger partial charge in [0, 0.05) is 45.2 Å². The fourth-order valence-corrected chi connectivity index (χ4v) is 3.30. The zero-order valence-corrected chi connectivity index (χ0v) is 13.6. The van der Waals surface area contributed by atoms with E-state index in [1.807, 2.05) is 6.92 Å². The summed E-state index contributed by atoms with van der Waals surface area (Å²) in [4.78, 5) is 18.5. The Labute approximate surface area is 129 Å². The number of methoxy groups -OCH3 is 1. The smallest absolute Gasteiger partial charge is 0.273 e. The van der Waals surface area contributed by atoms with Crippen LogP contribution in [0.25, 0.3) is 0 Å². The number of nitrogens with zero attached hydrogens (tertiary/aromatic N) is 2. The number of piperidine rings is 1. The molecule has 1 aromatic heterocycles. The largest absolute Gasteiger partial charge is 0.389 e. The quantitative estimate of drug-likeness (QED) is 0.860. The van der Waals surface area contributed by atoms with E-state index in [0.717, 1.165) is 5.13 Å². The highest BCUT2D eigenvalue weighted by Gasteiger charge is 2.40. The first-order chi connectivity index (χ1) is 10.00. The van der Waals surface area contributed by atoms with Gasteiger partial charge in [0.15, 0.2) is 5.13 Å². The van der Waals surface area contributed by atoms with Crippen molar-refractivity contribution in [3.8, 4) is 0 Å². The van der Waals surface area contributed by atoms with Crippen LogP contribution in [0.3, 0.4) is 0 Å². The van der Waals surface area contributed by atoms with Gasteiger partial charge in [-0.2, -0.15) is 0 Å². The summed E-state index contributed by atoms with van der Waals surface area (Å²) in [7, 11) is 3.42. The summed E-state index contributed by atoms with van der Waals surface area (Å²) in [6.07, 6.45) is 1.18. The van der Waals surface area contributed by atoms with E-state index in [4.69, 9.17) is 4.74 Å². The minimum Gasteiger partial charge on any atom is -0.389 e. The van der Waals surface area contributed by atoms with E-state index < -0.39 is 5.60 Å². The van der Waals surface area contributed by atoms with Gasteiger partial charge >= 0.3 is 0 Å². The molecule has 2 atom stereocenters. The number of aliphatic hydroxyl groups is 1. The highest BCUT2D eigenvalue weighted by molar-refractivity contribution is 7.13. The molecule has 7 heteroatoms. The third kappa shape index (κ3) is 3.53. The molecule has 1 fully saturated rings. The fraction of sp³-hybridized carbons (Fsp3) is 0.714. The van der Waals surface area contributed by atoms with Crippen molar-refractivity contribution in [3.05, 3.63) is 11.1 Å². The van der Waals surface area contributed by atoms with E-state index in [9.17, 15) is 9.90 Å². The van der Waals surface area contributed by atoms with Gasteiger partial charge in [-0.25, -0.2) is 4.98 Å². The summed E-state index contributed by atoms with van der Waals surface area (Å²) in [6, 6.07) is 0. The highest BCUT2D eigenvalue weighted by atomic mass is 32.1. The van der Waals surface area contributed by atoms with Gasteiger partial charge in [0.05, 0.1) is 5.60 Å². The molecule has 2 heterocycles. The lowest BCUT2D eigenvalue weighted by molar-refractivity contribution is -0.0750. The van der Waals surface area contributed by atoms with Gasteiger partial charge in [0.2, 0.25) is 0 Å². The topological polar surface area (TPSA) is 74.7 Å². The van der Waals surface area contributed by atoms with Crippen molar-refractivity contribution in [1.29, 1.82) is 0 Å². The second-order valence-electron chi connectivity index (χ2n) is 5.54. The molecule has 1 saturated heterocycles. The molecule has 1 aliphatic rings. The molecule has 6 nitrogen and oxygen atoms in total. The molecule has 0 aliphatic carbocycles. The fourth-order valence-electron chi connectivity index (χ4n) is 2.65. The van der Waals surface area contributed by atoms with Gasteiger partial charge in [-0.15, -0.1) is 11.3 Å². The Morgan fingerprint density at radius 1 is 1.71 bits per heavy atom.